The summed E-state index contributed by atoms with van der Waals surface area (Å²) >= 11 is 5.89. The first-order valence-corrected chi connectivity index (χ1v) is 6.98. The number of carbonyl (C=O) groups excluding carboxylic acids is 1. The highest BCUT2D eigenvalue weighted by atomic mass is 35.5. The summed E-state index contributed by atoms with van der Waals surface area (Å²) in [6.07, 6.45) is 2.02. The molecule has 104 valence electrons. The Morgan fingerprint density at radius 3 is 3.00 bits per heavy atom. The van der Waals surface area contributed by atoms with Gasteiger partial charge in [0.1, 0.15) is 5.82 Å². The molecule has 1 saturated heterocycles. The quantitative estimate of drug-likeness (QED) is 0.926. The molecule has 1 fully saturated rings. The van der Waals surface area contributed by atoms with Gasteiger partial charge in [-0.15, -0.1) is 0 Å². The number of carbonyl (C=O) groups is 1. The van der Waals surface area contributed by atoms with Gasteiger partial charge in [0, 0.05) is 19.1 Å². The molecule has 0 spiro atoms. The van der Waals surface area contributed by atoms with Gasteiger partial charge in [-0.25, -0.2) is 4.39 Å². The van der Waals surface area contributed by atoms with E-state index in [-0.39, 0.29) is 22.5 Å². The number of amides is 1. The van der Waals surface area contributed by atoms with Crippen molar-refractivity contribution in [1.29, 1.82) is 0 Å². The molecule has 0 aromatic heterocycles. The molecule has 19 heavy (non-hydrogen) atoms. The fourth-order valence-corrected chi connectivity index (χ4v) is 2.70. The molecular weight excluding hydrogens is 267 g/mol. The normalized spacial score (nSPS) is 19.2. The average molecular weight is 285 g/mol. The van der Waals surface area contributed by atoms with Crippen LogP contribution in [0.3, 0.4) is 0 Å². The third kappa shape index (κ3) is 3.07. The molecule has 3 nitrogen and oxygen atoms in total. The Kier molecular flexibility index (Phi) is 4.77. The Bertz CT molecular complexity index is 461. The smallest absolute Gasteiger partial charge is 0.255 e. The monoisotopic (exact) mass is 284 g/mol. The Morgan fingerprint density at radius 2 is 2.37 bits per heavy atom. The number of likely N-dealkylation sites (N-methyl/N-ethyl adjacent to an activating group) is 1. The predicted molar refractivity (Wildman–Crippen MR) is 74.0 cm³/mol. The number of benzene rings is 1. The number of halogens is 2. The maximum atomic E-state index is 13.4. The zero-order chi connectivity index (χ0) is 13.8. The van der Waals surface area contributed by atoms with Crippen molar-refractivity contribution in [2.75, 3.05) is 19.6 Å². The second kappa shape index (κ2) is 6.35. The van der Waals surface area contributed by atoms with E-state index < -0.39 is 5.82 Å². The van der Waals surface area contributed by atoms with E-state index >= 15 is 0 Å². The predicted octanol–water partition coefficient (Wildman–Crippen LogP) is 2.69. The van der Waals surface area contributed by atoms with Gasteiger partial charge >= 0.3 is 0 Å². The molecule has 1 unspecified atom stereocenters. The number of nitrogens with one attached hydrogen (secondary N) is 1. The van der Waals surface area contributed by atoms with Crippen LogP contribution in [0, 0.1) is 5.82 Å². The molecule has 5 heteroatoms. The molecule has 1 aliphatic heterocycles. The number of piperidine rings is 1. The summed E-state index contributed by atoms with van der Waals surface area (Å²) in [5.41, 5.74) is 0.245. The molecule has 0 bridgehead atoms. The van der Waals surface area contributed by atoms with E-state index in [0.717, 1.165) is 25.9 Å². The van der Waals surface area contributed by atoms with Gasteiger partial charge in [-0.1, -0.05) is 17.7 Å². The minimum Gasteiger partial charge on any atom is -0.335 e. The first kappa shape index (κ1) is 14.3. The zero-order valence-electron chi connectivity index (χ0n) is 11.0. The van der Waals surface area contributed by atoms with Crippen LogP contribution in [-0.2, 0) is 0 Å². The van der Waals surface area contributed by atoms with Gasteiger partial charge in [0.2, 0.25) is 0 Å². The van der Waals surface area contributed by atoms with Gasteiger partial charge in [0.15, 0.2) is 0 Å². The summed E-state index contributed by atoms with van der Waals surface area (Å²) in [5.74, 6) is -0.744. The zero-order valence-corrected chi connectivity index (χ0v) is 11.7. The molecule has 0 aliphatic carbocycles. The molecule has 1 atom stereocenters. The second-order valence-corrected chi connectivity index (χ2v) is 5.07. The summed E-state index contributed by atoms with van der Waals surface area (Å²) < 4.78 is 13.4. The summed E-state index contributed by atoms with van der Waals surface area (Å²) in [7, 11) is 0. The van der Waals surface area contributed by atoms with Crippen molar-refractivity contribution < 1.29 is 9.18 Å². The topological polar surface area (TPSA) is 32.3 Å². The van der Waals surface area contributed by atoms with Crippen LogP contribution in [0.2, 0.25) is 5.02 Å². The van der Waals surface area contributed by atoms with E-state index in [9.17, 15) is 9.18 Å². The van der Waals surface area contributed by atoms with Crippen LogP contribution < -0.4 is 5.32 Å². The third-order valence-corrected chi connectivity index (χ3v) is 3.88. The van der Waals surface area contributed by atoms with Crippen molar-refractivity contribution in [3.63, 3.8) is 0 Å². The lowest BCUT2D eigenvalue weighted by atomic mass is 10.0. The summed E-state index contributed by atoms with van der Waals surface area (Å²) in [6.45, 7) is 4.30. The van der Waals surface area contributed by atoms with Crippen LogP contribution in [0.25, 0.3) is 0 Å². The van der Waals surface area contributed by atoms with Crippen molar-refractivity contribution >= 4 is 17.5 Å². The molecule has 2 rings (SSSR count). The minimum absolute atomic E-state index is 0.0882. The molecular formula is C14H18ClFN2O. The van der Waals surface area contributed by atoms with Crippen LogP contribution in [0.4, 0.5) is 4.39 Å². The highest BCUT2D eigenvalue weighted by molar-refractivity contribution is 6.34. The standard InChI is InChI=1S/C14H18ClFN2O/c1-2-18(10-5-4-8-17-9-10)14(19)11-6-3-7-12(16)13(11)15/h3,6-7,10,17H,2,4-5,8-9H2,1H3. The van der Waals surface area contributed by atoms with Crippen LogP contribution in [-0.4, -0.2) is 36.5 Å². The van der Waals surface area contributed by atoms with Crippen LogP contribution >= 0.6 is 11.6 Å². The molecule has 1 heterocycles. The average Bonchev–Trinajstić information content (AvgIpc) is 2.44. The first-order valence-electron chi connectivity index (χ1n) is 6.60. The van der Waals surface area contributed by atoms with E-state index in [1.807, 2.05) is 6.92 Å². The molecule has 0 radical (unpaired) electrons. The fourth-order valence-electron chi connectivity index (χ4n) is 2.49. The lowest BCUT2D eigenvalue weighted by Gasteiger charge is -2.34. The van der Waals surface area contributed by atoms with Gasteiger partial charge < -0.3 is 10.2 Å². The van der Waals surface area contributed by atoms with Crippen molar-refractivity contribution in [2.24, 2.45) is 0 Å². The highest BCUT2D eigenvalue weighted by Gasteiger charge is 2.26. The Labute approximate surface area is 117 Å². The molecule has 1 aliphatic rings. The molecule has 1 aromatic carbocycles. The van der Waals surface area contributed by atoms with E-state index in [4.69, 9.17) is 11.6 Å². The van der Waals surface area contributed by atoms with Crippen molar-refractivity contribution in [3.05, 3.63) is 34.6 Å². The van der Waals surface area contributed by atoms with E-state index in [1.165, 1.54) is 12.1 Å². The Balaban J connectivity index is 2.22. The number of hydrogen-bond acceptors (Lipinski definition) is 2. The van der Waals surface area contributed by atoms with Gasteiger partial charge in [-0.2, -0.15) is 0 Å². The maximum Gasteiger partial charge on any atom is 0.255 e. The minimum atomic E-state index is -0.551. The van der Waals surface area contributed by atoms with Crippen LogP contribution in [0.1, 0.15) is 30.1 Å². The largest absolute Gasteiger partial charge is 0.335 e. The molecule has 1 N–H and O–H groups in total. The molecule has 0 saturated carbocycles. The van der Waals surface area contributed by atoms with Crippen molar-refractivity contribution in [1.82, 2.24) is 10.2 Å². The van der Waals surface area contributed by atoms with E-state index in [0.29, 0.717) is 6.54 Å². The van der Waals surface area contributed by atoms with Gasteiger partial charge in [-0.3, -0.25) is 4.79 Å². The molecule has 1 aromatic rings. The third-order valence-electron chi connectivity index (χ3n) is 3.50. The Hall–Kier alpha value is -1.13. The molecule has 1 amide bonds. The number of rotatable bonds is 3. The van der Waals surface area contributed by atoms with Gasteiger partial charge in [0.25, 0.3) is 5.91 Å². The summed E-state index contributed by atoms with van der Waals surface area (Å²) in [5, 5.41) is 3.19. The first-order chi connectivity index (χ1) is 9.15. The lowest BCUT2D eigenvalue weighted by molar-refractivity contribution is 0.0662. The van der Waals surface area contributed by atoms with Crippen LogP contribution in [0.5, 0.6) is 0 Å². The van der Waals surface area contributed by atoms with Crippen molar-refractivity contribution in [2.45, 2.75) is 25.8 Å². The highest BCUT2D eigenvalue weighted by Crippen LogP contribution is 2.23. The summed E-state index contributed by atoms with van der Waals surface area (Å²) in [4.78, 5) is 14.3. The lowest BCUT2D eigenvalue weighted by Crippen LogP contribution is -2.48. The summed E-state index contributed by atoms with van der Waals surface area (Å²) in [6, 6.07) is 4.51. The number of nitrogens with zero attached hydrogens (tertiary/aromatic N) is 1. The Morgan fingerprint density at radius 1 is 1.58 bits per heavy atom. The van der Waals surface area contributed by atoms with Crippen LogP contribution in [0.15, 0.2) is 18.2 Å². The van der Waals surface area contributed by atoms with Gasteiger partial charge in [0.05, 0.1) is 10.6 Å². The van der Waals surface area contributed by atoms with E-state index in [1.54, 1.807) is 11.0 Å². The fraction of sp³-hybridized carbons (Fsp3) is 0.500. The van der Waals surface area contributed by atoms with Crippen molar-refractivity contribution in [3.8, 4) is 0 Å². The second-order valence-electron chi connectivity index (χ2n) is 4.69. The van der Waals surface area contributed by atoms with E-state index in [2.05, 4.69) is 5.32 Å². The SMILES string of the molecule is CCN(C(=O)c1cccc(F)c1Cl)C1CCCNC1. The maximum absolute atomic E-state index is 13.4. The van der Waals surface area contributed by atoms with Gasteiger partial charge in [-0.05, 0) is 38.4 Å². The number of hydrogen-bond donors (Lipinski definition) is 1.